The zero-order chi connectivity index (χ0) is 13.3. The van der Waals surface area contributed by atoms with E-state index in [4.69, 9.17) is 13.8 Å². The van der Waals surface area contributed by atoms with Crippen LogP contribution in [-0.2, 0) is 18.3 Å². The van der Waals surface area contributed by atoms with Gasteiger partial charge in [-0.05, 0) is 34.1 Å². The maximum atomic E-state index is 12.3. The molecule has 0 aromatic heterocycles. The first-order valence-electron chi connectivity index (χ1n) is 6.25. The predicted octanol–water partition coefficient (Wildman–Crippen LogP) is 3.60. The quantitative estimate of drug-likeness (QED) is 0.728. The fourth-order valence-electron chi connectivity index (χ4n) is 2.16. The van der Waals surface area contributed by atoms with Crippen molar-refractivity contribution in [3.63, 3.8) is 0 Å². The Morgan fingerprint density at radius 2 is 2.00 bits per heavy atom. The molecule has 0 spiro atoms. The van der Waals surface area contributed by atoms with Gasteiger partial charge in [0.05, 0.1) is 23.9 Å². The molecule has 5 heteroatoms. The van der Waals surface area contributed by atoms with Crippen LogP contribution in [0.1, 0.15) is 47.5 Å². The van der Waals surface area contributed by atoms with Crippen molar-refractivity contribution < 1.29 is 18.3 Å². The van der Waals surface area contributed by atoms with Gasteiger partial charge >= 0.3 is 7.60 Å². The van der Waals surface area contributed by atoms with Crippen molar-refractivity contribution >= 4 is 7.60 Å². The second-order valence-corrected chi connectivity index (χ2v) is 7.68. The van der Waals surface area contributed by atoms with Crippen LogP contribution in [-0.4, -0.2) is 30.6 Å². The summed E-state index contributed by atoms with van der Waals surface area (Å²) in [4.78, 5) is 0. The third-order valence-corrected chi connectivity index (χ3v) is 4.09. The van der Waals surface area contributed by atoms with E-state index in [1.165, 1.54) is 6.66 Å². The molecule has 4 unspecified atom stereocenters. The zero-order valence-corrected chi connectivity index (χ0v) is 12.6. The van der Waals surface area contributed by atoms with Crippen LogP contribution in [0.15, 0.2) is 0 Å². The summed E-state index contributed by atoms with van der Waals surface area (Å²) < 4.78 is 29.1. The molecule has 1 aliphatic heterocycles. The maximum absolute atomic E-state index is 12.3. The summed E-state index contributed by atoms with van der Waals surface area (Å²) in [5, 5.41) is 0. The second-order valence-electron chi connectivity index (χ2n) is 5.75. The Morgan fingerprint density at radius 3 is 2.47 bits per heavy atom. The minimum atomic E-state index is -3.02. The third-order valence-electron chi connectivity index (χ3n) is 2.55. The van der Waals surface area contributed by atoms with Crippen molar-refractivity contribution in [2.45, 2.75) is 71.4 Å². The Balaban J connectivity index is 2.61. The summed E-state index contributed by atoms with van der Waals surface area (Å²) in [5.41, 5.74) is -0.461. The molecule has 0 saturated carbocycles. The summed E-state index contributed by atoms with van der Waals surface area (Å²) in [6.07, 6.45) is 1.73. The van der Waals surface area contributed by atoms with Crippen molar-refractivity contribution in [1.29, 1.82) is 0 Å². The van der Waals surface area contributed by atoms with Gasteiger partial charge in [-0.3, -0.25) is 4.57 Å². The van der Waals surface area contributed by atoms with Gasteiger partial charge in [0.1, 0.15) is 0 Å². The van der Waals surface area contributed by atoms with E-state index in [9.17, 15) is 4.57 Å². The molecule has 0 aromatic rings. The van der Waals surface area contributed by atoms with Gasteiger partial charge in [-0.1, -0.05) is 6.92 Å². The van der Waals surface area contributed by atoms with Crippen LogP contribution in [0.2, 0.25) is 0 Å². The van der Waals surface area contributed by atoms with Gasteiger partial charge in [0.2, 0.25) is 0 Å². The summed E-state index contributed by atoms with van der Waals surface area (Å²) in [6, 6.07) is 0. The van der Waals surface area contributed by atoms with E-state index in [-0.39, 0.29) is 18.3 Å². The Kier molecular flexibility index (Phi) is 4.81. The highest BCUT2D eigenvalue weighted by Gasteiger charge is 2.38. The zero-order valence-electron chi connectivity index (χ0n) is 11.7. The molecular weight excluding hydrogens is 239 g/mol. The van der Waals surface area contributed by atoms with Gasteiger partial charge in [0, 0.05) is 13.1 Å². The summed E-state index contributed by atoms with van der Waals surface area (Å²) in [7, 11) is -3.02. The molecule has 1 rings (SSSR count). The van der Waals surface area contributed by atoms with Crippen LogP contribution < -0.4 is 0 Å². The molecule has 0 amide bonds. The van der Waals surface area contributed by atoms with Crippen LogP contribution in [0.5, 0.6) is 0 Å². The van der Waals surface area contributed by atoms with Gasteiger partial charge in [-0.2, -0.15) is 0 Å². The number of hydrogen-bond acceptors (Lipinski definition) is 4. The lowest BCUT2D eigenvalue weighted by Gasteiger charge is -2.27. The highest BCUT2D eigenvalue weighted by molar-refractivity contribution is 7.53. The summed E-state index contributed by atoms with van der Waals surface area (Å²) in [6.45, 7) is 11.2. The lowest BCUT2D eigenvalue weighted by Crippen LogP contribution is -2.25. The fraction of sp³-hybridized carbons (Fsp3) is 1.00. The molecule has 1 fully saturated rings. The first-order chi connectivity index (χ1) is 7.63. The van der Waals surface area contributed by atoms with Gasteiger partial charge < -0.3 is 13.8 Å². The van der Waals surface area contributed by atoms with Gasteiger partial charge in [0.15, 0.2) is 0 Å². The van der Waals surface area contributed by atoms with Crippen molar-refractivity contribution in [3.8, 4) is 0 Å². The number of hydrogen-bond donors (Lipinski definition) is 0. The lowest BCUT2D eigenvalue weighted by atomic mass is 10.1. The Hall–Kier alpha value is 0.110. The molecule has 0 aliphatic carbocycles. The van der Waals surface area contributed by atoms with E-state index in [0.717, 1.165) is 12.8 Å². The largest absolute Gasteiger partial charge is 0.372 e. The highest BCUT2D eigenvalue weighted by Crippen LogP contribution is 2.50. The van der Waals surface area contributed by atoms with E-state index in [2.05, 4.69) is 0 Å². The van der Waals surface area contributed by atoms with E-state index in [1.807, 2.05) is 34.6 Å². The minimum Gasteiger partial charge on any atom is -0.372 e. The molecular formula is C12H25O4P. The minimum absolute atomic E-state index is 0.0295. The van der Waals surface area contributed by atoms with Crippen molar-refractivity contribution in [2.24, 2.45) is 0 Å². The molecule has 0 radical (unpaired) electrons. The van der Waals surface area contributed by atoms with Gasteiger partial charge in [-0.15, -0.1) is 0 Å². The highest BCUT2D eigenvalue weighted by atomic mass is 31.2. The molecule has 17 heavy (non-hydrogen) atoms. The summed E-state index contributed by atoms with van der Waals surface area (Å²) in [5.74, 6) is 0. The SMILES string of the molecule is CCC1OC(C)CC1OP(C)(=O)OC(C)(C)C. The van der Waals surface area contributed by atoms with Gasteiger partial charge in [-0.25, -0.2) is 0 Å². The Bertz CT molecular complexity index is 297. The first-order valence-corrected chi connectivity index (χ1v) is 8.24. The van der Waals surface area contributed by atoms with E-state index in [1.54, 1.807) is 0 Å². The molecule has 0 bridgehead atoms. The van der Waals surface area contributed by atoms with Crippen LogP contribution in [0.3, 0.4) is 0 Å². The molecule has 4 nitrogen and oxygen atoms in total. The fourth-order valence-corrected chi connectivity index (χ4v) is 3.91. The van der Waals surface area contributed by atoms with Crippen LogP contribution in [0, 0.1) is 0 Å². The van der Waals surface area contributed by atoms with Crippen LogP contribution in [0.4, 0.5) is 0 Å². The van der Waals surface area contributed by atoms with Crippen LogP contribution in [0.25, 0.3) is 0 Å². The molecule has 0 N–H and O–H groups in total. The topological polar surface area (TPSA) is 44.8 Å². The molecule has 0 aromatic carbocycles. The van der Waals surface area contributed by atoms with Crippen molar-refractivity contribution in [1.82, 2.24) is 0 Å². The smallest absolute Gasteiger partial charge is 0.328 e. The van der Waals surface area contributed by atoms with E-state index in [0.29, 0.717) is 0 Å². The first kappa shape index (κ1) is 15.2. The molecule has 1 aliphatic rings. The monoisotopic (exact) mass is 264 g/mol. The van der Waals surface area contributed by atoms with Crippen LogP contribution >= 0.6 is 7.60 Å². The lowest BCUT2D eigenvalue weighted by molar-refractivity contribution is 0.0101. The number of rotatable bonds is 4. The van der Waals surface area contributed by atoms with Gasteiger partial charge in [0.25, 0.3) is 0 Å². The van der Waals surface area contributed by atoms with E-state index >= 15 is 0 Å². The Labute approximate surface area is 105 Å². The number of ether oxygens (including phenoxy) is 1. The average Bonchev–Trinajstić information content (AvgIpc) is 2.40. The molecule has 4 atom stereocenters. The van der Waals surface area contributed by atoms with Crippen molar-refractivity contribution in [3.05, 3.63) is 0 Å². The molecule has 102 valence electrons. The standard InChI is InChI=1S/C12H25O4P/c1-7-10-11(8-9(2)14-10)15-17(6,13)16-12(3,4)5/h9-11H,7-8H2,1-6H3. The average molecular weight is 264 g/mol. The second kappa shape index (κ2) is 5.40. The predicted molar refractivity (Wildman–Crippen MR) is 68.5 cm³/mol. The summed E-state index contributed by atoms with van der Waals surface area (Å²) >= 11 is 0. The Morgan fingerprint density at radius 1 is 1.41 bits per heavy atom. The normalized spacial score (nSPS) is 33.6. The van der Waals surface area contributed by atoms with E-state index < -0.39 is 13.2 Å². The third kappa shape index (κ3) is 5.09. The molecule has 1 saturated heterocycles. The van der Waals surface area contributed by atoms with Crippen molar-refractivity contribution in [2.75, 3.05) is 6.66 Å². The molecule has 1 heterocycles. The maximum Gasteiger partial charge on any atom is 0.328 e.